The summed E-state index contributed by atoms with van der Waals surface area (Å²) in [4.78, 5) is 13.8. The predicted octanol–water partition coefficient (Wildman–Crippen LogP) is 3.84. The Balaban J connectivity index is 1.77. The lowest BCUT2D eigenvalue weighted by Crippen LogP contribution is -2.33. The van der Waals surface area contributed by atoms with Gasteiger partial charge in [-0.05, 0) is 31.1 Å². The summed E-state index contributed by atoms with van der Waals surface area (Å²) in [7, 11) is 0. The summed E-state index contributed by atoms with van der Waals surface area (Å²) in [5, 5.41) is 19.0. The molecule has 0 saturated carbocycles. The van der Waals surface area contributed by atoms with Crippen molar-refractivity contribution in [3.05, 3.63) is 47.5 Å². The van der Waals surface area contributed by atoms with Crippen LogP contribution in [0.15, 0.2) is 36.4 Å². The summed E-state index contributed by atoms with van der Waals surface area (Å²) in [5.74, 6) is 1.07. The van der Waals surface area contributed by atoms with E-state index in [1.807, 2.05) is 18.2 Å². The van der Waals surface area contributed by atoms with Crippen molar-refractivity contribution < 1.29 is 15.0 Å². The molecular formula is C21H29NO3S2. The summed E-state index contributed by atoms with van der Waals surface area (Å²) >= 11 is 7.27. The molecule has 0 amide bonds. The third-order valence-electron chi connectivity index (χ3n) is 4.61. The second kappa shape index (κ2) is 11.5. The van der Waals surface area contributed by atoms with Crippen molar-refractivity contribution in [3.8, 4) is 0 Å². The van der Waals surface area contributed by atoms with E-state index in [9.17, 15) is 9.90 Å². The van der Waals surface area contributed by atoms with Crippen molar-refractivity contribution in [1.29, 1.82) is 0 Å². The van der Waals surface area contributed by atoms with E-state index in [1.54, 1.807) is 11.8 Å². The van der Waals surface area contributed by atoms with Crippen molar-refractivity contribution in [3.63, 3.8) is 0 Å². The van der Waals surface area contributed by atoms with E-state index in [2.05, 4.69) is 30.0 Å². The Labute approximate surface area is 171 Å². The van der Waals surface area contributed by atoms with Crippen LogP contribution in [0.2, 0.25) is 0 Å². The molecule has 2 N–H and O–H groups in total. The zero-order valence-corrected chi connectivity index (χ0v) is 17.5. The fraction of sp³-hybridized carbons (Fsp3) is 0.524. The van der Waals surface area contributed by atoms with Gasteiger partial charge in [-0.3, -0.25) is 4.79 Å². The van der Waals surface area contributed by atoms with E-state index in [-0.39, 0.29) is 12.5 Å². The zero-order valence-electron chi connectivity index (χ0n) is 15.8. The van der Waals surface area contributed by atoms with Crippen LogP contribution in [0.5, 0.6) is 0 Å². The SMILES string of the molecule is Cc1cccc(C[C@H](O)C=C[C@H]2CCC(=S)N2CCSCCCC(=O)O)c1. The zero-order chi connectivity index (χ0) is 19.6. The van der Waals surface area contributed by atoms with Crippen molar-refractivity contribution in [1.82, 2.24) is 4.90 Å². The van der Waals surface area contributed by atoms with Gasteiger partial charge in [0.1, 0.15) is 0 Å². The Kier molecular flexibility index (Phi) is 9.31. The summed E-state index contributed by atoms with van der Waals surface area (Å²) in [6.45, 7) is 2.93. The second-order valence-electron chi connectivity index (χ2n) is 6.95. The molecule has 1 aliphatic heterocycles. The minimum Gasteiger partial charge on any atom is -0.481 e. The van der Waals surface area contributed by atoms with Gasteiger partial charge in [-0.2, -0.15) is 11.8 Å². The van der Waals surface area contributed by atoms with Gasteiger partial charge in [0.25, 0.3) is 0 Å². The van der Waals surface area contributed by atoms with Crippen molar-refractivity contribution in [2.24, 2.45) is 0 Å². The molecule has 0 spiro atoms. The Morgan fingerprint density at radius 2 is 2.26 bits per heavy atom. The van der Waals surface area contributed by atoms with E-state index in [0.717, 1.165) is 41.4 Å². The number of hydrogen-bond acceptors (Lipinski definition) is 4. The number of aliphatic carboxylic acids is 1. The molecule has 2 atom stereocenters. The third kappa shape index (κ3) is 8.03. The molecule has 1 aromatic rings. The molecule has 1 aromatic carbocycles. The van der Waals surface area contributed by atoms with Gasteiger partial charge in [-0.25, -0.2) is 0 Å². The largest absolute Gasteiger partial charge is 0.481 e. The Morgan fingerprint density at radius 3 is 3.00 bits per heavy atom. The number of carboxylic acid groups (broad SMARTS) is 1. The number of aliphatic hydroxyl groups excluding tert-OH is 1. The molecule has 0 aromatic heterocycles. The lowest BCUT2D eigenvalue weighted by Gasteiger charge is -2.24. The fourth-order valence-electron chi connectivity index (χ4n) is 3.24. The number of carboxylic acids is 1. The topological polar surface area (TPSA) is 60.8 Å². The number of rotatable bonds is 11. The maximum absolute atomic E-state index is 10.5. The molecule has 4 nitrogen and oxygen atoms in total. The van der Waals surface area contributed by atoms with Gasteiger partial charge in [0.2, 0.25) is 0 Å². The molecule has 2 rings (SSSR count). The van der Waals surface area contributed by atoms with Crippen LogP contribution >= 0.6 is 24.0 Å². The number of benzene rings is 1. The van der Waals surface area contributed by atoms with Gasteiger partial charge >= 0.3 is 5.97 Å². The van der Waals surface area contributed by atoms with Crippen LogP contribution in [0.4, 0.5) is 0 Å². The molecule has 0 unspecified atom stereocenters. The van der Waals surface area contributed by atoms with Gasteiger partial charge in [-0.15, -0.1) is 0 Å². The molecule has 1 aliphatic rings. The molecule has 148 valence electrons. The number of aryl methyl sites for hydroxylation is 1. The first-order chi connectivity index (χ1) is 13.0. The van der Waals surface area contributed by atoms with Gasteiger partial charge in [0.15, 0.2) is 0 Å². The van der Waals surface area contributed by atoms with Crippen LogP contribution in [0.1, 0.15) is 36.8 Å². The lowest BCUT2D eigenvalue weighted by atomic mass is 10.0. The Bertz CT molecular complexity index is 663. The van der Waals surface area contributed by atoms with Gasteiger partial charge in [0, 0.05) is 37.6 Å². The summed E-state index contributed by atoms with van der Waals surface area (Å²) in [5.41, 5.74) is 2.35. The van der Waals surface area contributed by atoms with Crippen LogP contribution in [0, 0.1) is 6.92 Å². The quantitative estimate of drug-likeness (QED) is 0.330. The van der Waals surface area contributed by atoms with Gasteiger partial charge < -0.3 is 15.1 Å². The predicted molar refractivity (Wildman–Crippen MR) is 117 cm³/mol. The van der Waals surface area contributed by atoms with Crippen LogP contribution in [0.25, 0.3) is 0 Å². The molecule has 27 heavy (non-hydrogen) atoms. The first kappa shape index (κ1) is 21.9. The van der Waals surface area contributed by atoms with Crippen molar-refractivity contribution in [2.45, 2.75) is 51.2 Å². The van der Waals surface area contributed by atoms with E-state index in [0.29, 0.717) is 12.8 Å². The standard InChI is InChI=1S/C21H29NO3S2/c1-16-4-2-5-17(14-16)15-19(23)9-7-18-8-10-20(26)22(18)11-13-27-12-3-6-21(24)25/h2,4-5,7,9,14,18-19,23H,3,6,8,10-13,15H2,1H3,(H,24,25)/t18-,19+/m0/s1. The molecule has 0 bridgehead atoms. The summed E-state index contributed by atoms with van der Waals surface area (Å²) in [6.07, 6.45) is 6.97. The number of likely N-dealkylation sites (tertiary alicyclic amines) is 1. The number of carbonyl (C=O) groups is 1. The Morgan fingerprint density at radius 1 is 1.44 bits per heavy atom. The average Bonchev–Trinajstić information content (AvgIpc) is 2.96. The number of hydrogen-bond donors (Lipinski definition) is 2. The molecule has 0 aliphatic carbocycles. The number of nitrogens with zero attached hydrogens (tertiary/aromatic N) is 1. The monoisotopic (exact) mass is 407 g/mol. The lowest BCUT2D eigenvalue weighted by molar-refractivity contribution is -0.137. The first-order valence-electron chi connectivity index (χ1n) is 9.46. The third-order valence-corrected chi connectivity index (χ3v) is 6.10. The number of thiocarbonyl (C=S) groups is 1. The highest BCUT2D eigenvalue weighted by atomic mass is 32.2. The Hall–Kier alpha value is -1.37. The first-order valence-corrected chi connectivity index (χ1v) is 11.0. The van der Waals surface area contributed by atoms with E-state index in [1.165, 1.54) is 5.56 Å². The van der Waals surface area contributed by atoms with Crippen LogP contribution < -0.4 is 0 Å². The minimum absolute atomic E-state index is 0.235. The average molecular weight is 408 g/mol. The van der Waals surface area contributed by atoms with E-state index >= 15 is 0 Å². The molecule has 1 saturated heterocycles. The highest BCUT2D eigenvalue weighted by Gasteiger charge is 2.25. The summed E-state index contributed by atoms with van der Waals surface area (Å²) in [6, 6.07) is 8.48. The molecule has 6 heteroatoms. The van der Waals surface area contributed by atoms with Crippen LogP contribution in [-0.4, -0.2) is 56.3 Å². The van der Waals surface area contributed by atoms with Gasteiger partial charge in [-0.1, -0.05) is 54.2 Å². The van der Waals surface area contributed by atoms with Crippen molar-refractivity contribution in [2.75, 3.05) is 18.1 Å². The highest BCUT2D eigenvalue weighted by molar-refractivity contribution is 7.99. The molecular weight excluding hydrogens is 378 g/mol. The van der Waals surface area contributed by atoms with E-state index in [4.69, 9.17) is 17.3 Å². The maximum atomic E-state index is 10.5. The number of thioether (sulfide) groups is 1. The molecule has 0 radical (unpaired) electrons. The smallest absolute Gasteiger partial charge is 0.303 e. The van der Waals surface area contributed by atoms with Gasteiger partial charge in [0.05, 0.1) is 11.1 Å². The fourth-order valence-corrected chi connectivity index (χ4v) is 4.46. The highest BCUT2D eigenvalue weighted by Crippen LogP contribution is 2.22. The molecule has 1 heterocycles. The normalized spacial score (nSPS) is 18.4. The van der Waals surface area contributed by atoms with Crippen LogP contribution in [-0.2, 0) is 11.2 Å². The number of aliphatic hydroxyl groups is 1. The van der Waals surface area contributed by atoms with E-state index < -0.39 is 12.1 Å². The summed E-state index contributed by atoms with van der Waals surface area (Å²) < 4.78 is 0. The second-order valence-corrected chi connectivity index (χ2v) is 8.64. The minimum atomic E-state index is -0.731. The maximum Gasteiger partial charge on any atom is 0.303 e. The molecule has 1 fully saturated rings. The van der Waals surface area contributed by atoms with Crippen molar-refractivity contribution >= 4 is 34.9 Å². The van der Waals surface area contributed by atoms with Crippen LogP contribution in [0.3, 0.4) is 0 Å².